The number of alkyl halides is 1. The van der Waals surface area contributed by atoms with Crippen LogP contribution in [0.3, 0.4) is 0 Å². The summed E-state index contributed by atoms with van der Waals surface area (Å²) in [6.07, 6.45) is -0.545. The van der Waals surface area contributed by atoms with Crippen LogP contribution in [0.5, 0.6) is 5.75 Å². The van der Waals surface area contributed by atoms with Crippen molar-refractivity contribution < 1.29 is 14.3 Å². The molecule has 0 spiro atoms. The van der Waals surface area contributed by atoms with Crippen LogP contribution in [-0.2, 0) is 4.79 Å². The molecule has 1 unspecified atom stereocenters. The molecule has 0 aromatic heterocycles. The summed E-state index contributed by atoms with van der Waals surface area (Å²) in [7, 11) is 0. The van der Waals surface area contributed by atoms with Gasteiger partial charge in [-0.15, -0.1) is 11.6 Å². The molecular formula is C15H16ClNO3. The van der Waals surface area contributed by atoms with Gasteiger partial charge < -0.3 is 9.64 Å². The van der Waals surface area contributed by atoms with Crippen LogP contribution in [0.1, 0.15) is 24.2 Å². The zero-order chi connectivity index (χ0) is 14.9. The van der Waals surface area contributed by atoms with Crippen molar-refractivity contribution in [3.8, 4) is 5.75 Å². The molecule has 4 nitrogen and oxygen atoms in total. The third kappa shape index (κ3) is 2.70. The van der Waals surface area contributed by atoms with E-state index < -0.39 is 6.10 Å². The number of carbonyl (C=O) groups is 2. The molecule has 0 saturated heterocycles. The number of anilines is 1. The van der Waals surface area contributed by atoms with Crippen molar-refractivity contribution in [2.24, 2.45) is 0 Å². The number of ether oxygens (including phenoxy) is 1. The van der Waals surface area contributed by atoms with E-state index in [1.54, 1.807) is 30.0 Å². The fraction of sp³-hybridized carbons (Fsp3) is 0.333. The molecule has 0 radical (unpaired) electrons. The number of halogens is 1. The summed E-state index contributed by atoms with van der Waals surface area (Å²) < 4.78 is 5.56. The Kier molecular flexibility index (Phi) is 4.14. The third-order valence-corrected chi connectivity index (χ3v) is 3.28. The minimum atomic E-state index is -0.545. The summed E-state index contributed by atoms with van der Waals surface area (Å²) >= 11 is 5.57. The van der Waals surface area contributed by atoms with E-state index >= 15 is 0 Å². The fourth-order valence-electron chi connectivity index (χ4n) is 2.09. The first kappa shape index (κ1) is 14.6. The second kappa shape index (κ2) is 5.67. The maximum Gasteiger partial charge on any atom is 0.268 e. The Hall–Kier alpha value is -1.81. The van der Waals surface area contributed by atoms with E-state index in [4.69, 9.17) is 16.3 Å². The lowest BCUT2D eigenvalue weighted by molar-refractivity contribution is -0.125. The summed E-state index contributed by atoms with van der Waals surface area (Å²) in [5.74, 6) is 0.168. The van der Waals surface area contributed by atoms with Crippen molar-refractivity contribution in [2.75, 3.05) is 17.3 Å². The number of hydrogen-bond acceptors (Lipinski definition) is 3. The van der Waals surface area contributed by atoms with Gasteiger partial charge >= 0.3 is 0 Å². The summed E-state index contributed by atoms with van der Waals surface area (Å²) in [5.41, 5.74) is 1.91. The fourth-order valence-corrected chi connectivity index (χ4v) is 2.24. The predicted octanol–water partition coefficient (Wildman–Crippen LogP) is 2.80. The monoisotopic (exact) mass is 293 g/mol. The van der Waals surface area contributed by atoms with Crippen LogP contribution in [0, 0.1) is 0 Å². The molecular weight excluding hydrogens is 278 g/mol. The van der Waals surface area contributed by atoms with Crippen molar-refractivity contribution in [3.05, 3.63) is 35.9 Å². The number of benzene rings is 1. The van der Waals surface area contributed by atoms with Crippen LogP contribution in [-0.4, -0.2) is 30.2 Å². The van der Waals surface area contributed by atoms with Crippen molar-refractivity contribution >= 4 is 29.0 Å². The zero-order valence-electron chi connectivity index (χ0n) is 11.5. The number of Topliss-reactive ketones (excluding diaryl/α,β-unsaturated/α-hetero) is 1. The molecule has 1 aromatic rings. The topological polar surface area (TPSA) is 46.6 Å². The molecule has 20 heavy (non-hydrogen) atoms. The van der Waals surface area contributed by atoms with E-state index in [0.717, 1.165) is 5.57 Å². The third-order valence-electron chi connectivity index (χ3n) is 3.04. The molecule has 0 aliphatic carbocycles. The van der Waals surface area contributed by atoms with E-state index in [9.17, 15) is 9.59 Å². The number of carbonyl (C=O) groups excluding carboxylic acids is 2. The number of hydrogen-bond donors (Lipinski definition) is 0. The number of ketones is 1. The van der Waals surface area contributed by atoms with E-state index in [-0.39, 0.29) is 17.6 Å². The van der Waals surface area contributed by atoms with Gasteiger partial charge in [0.1, 0.15) is 5.75 Å². The maximum atomic E-state index is 12.2. The van der Waals surface area contributed by atoms with Gasteiger partial charge in [-0.25, -0.2) is 0 Å². The number of fused-ring (bicyclic) bond motifs is 1. The lowest BCUT2D eigenvalue weighted by Gasteiger charge is -2.33. The largest absolute Gasteiger partial charge is 0.479 e. The summed E-state index contributed by atoms with van der Waals surface area (Å²) in [5, 5.41) is 0. The van der Waals surface area contributed by atoms with Gasteiger partial charge in [-0.1, -0.05) is 12.2 Å². The van der Waals surface area contributed by atoms with Gasteiger partial charge in [0, 0.05) is 12.1 Å². The van der Waals surface area contributed by atoms with Gasteiger partial charge in [-0.3, -0.25) is 9.59 Å². The molecule has 106 valence electrons. The molecule has 1 aliphatic rings. The Labute approximate surface area is 123 Å². The molecule has 0 bridgehead atoms. The molecule has 0 saturated carbocycles. The highest BCUT2D eigenvalue weighted by atomic mass is 35.5. The van der Waals surface area contributed by atoms with Crippen molar-refractivity contribution in [2.45, 2.75) is 20.0 Å². The van der Waals surface area contributed by atoms with Gasteiger partial charge in [-0.2, -0.15) is 0 Å². The number of rotatable bonds is 4. The molecule has 2 rings (SSSR count). The Morgan fingerprint density at radius 3 is 2.80 bits per heavy atom. The molecule has 1 aromatic carbocycles. The standard InChI is InChI=1S/C15H16ClNO3/c1-9(2)8-17-12-6-11(13(18)7-16)4-5-14(12)20-10(3)15(17)19/h4-6,10H,1,7-8H2,2-3H3. The molecule has 1 heterocycles. The normalized spacial score (nSPS) is 17.4. The van der Waals surface area contributed by atoms with Gasteiger partial charge in [0.25, 0.3) is 5.91 Å². The minimum Gasteiger partial charge on any atom is -0.479 e. The Morgan fingerprint density at radius 1 is 1.50 bits per heavy atom. The highest BCUT2D eigenvalue weighted by molar-refractivity contribution is 6.30. The van der Waals surface area contributed by atoms with Crippen LogP contribution in [0.4, 0.5) is 5.69 Å². The zero-order valence-corrected chi connectivity index (χ0v) is 12.2. The molecule has 0 fully saturated rings. The highest BCUT2D eigenvalue weighted by Crippen LogP contribution is 2.35. The Balaban J connectivity index is 2.48. The second-order valence-corrected chi connectivity index (χ2v) is 5.15. The highest BCUT2D eigenvalue weighted by Gasteiger charge is 2.31. The first-order valence-corrected chi connectivity index (χ1v) is 6.83. The predicted molar refractivity (Wildman–Crippen MR) is 78.7 cm³/mol. The lowest BCUT2D eigenvalue weighted by Crippen LogP contribution is -2.45. The first-order valence-electron chi connectivity index (χ1n) is 6.29. The second-order valence-electron chi connectivity index (χ2n) is 4.88. The Bertz CT molecular complexity index is 582. The number of amides is 1. The van der Waals surface area contributed by atoms with Gasteiger partial charge in [0.15, 0.2) is 11.9 Å². The van der Waals surface area contributed by atoms with Crippen LogP contribution in [0.25, 0.3) is 0 Å². The van der Waals surface area contributed by atoms with Crippen LogP contribution >= 0.6 is 11.6 Å². The van der Waals surface area contributed by atoms with E-state index in [1.165, 1.54) is 0 Å². The van der Waals surface area contributed by atoms with E-state index in [2.05, 4.69) is 6.58 Å². The summed E-state index contributed by atoms with van der Waals surface area (Å²) in [6.45, 7) is 7.78. The first-order chi connectivity index (χ1) is 9.43. The van der Waals surface area contributed by atoms with Crippen molar-refractivity contribution in [1.82, 2.24) is 0 Å². The van der Waals surface area contributed by atoms with Crippen LogP contribution in [0.2, 0.25) is 0 Å². The average molecular weight is 294 g/mol. The molecule has 1 aliphatic heterocycles. The van der Waals surface area contributed by atoms with Crippen LogP contribution < -0.4 is 9.64 Å². The molecule has 0 N–H and O–H groups in total. The molecule has 1 atom stereocenters. The molecule has 5 heteroatoms. The van der Waals surface area contributed by atoms with E-state index in [0.29, 0.717) is 23.5 Å². The van der Waals surface area contributed by atoms with E-state index in [1.807, 2.05) is 6.92 Å². The van der Waals surface area contributed by atoms with Gasteiger partial charge in [0.2, 0.25) is 0 Å². The average Bonchev–Trinajstić information content (AvgIpc) is 2.42. The van der Waals surface area contributed by atoms with Crippen molar-refractivity contribution in [1.29, 1.82) is 0 Å². The SMILES string of the molecule is C=C(C)CN1C(=O)C(C)Oc2ccc(C(=O)CCl)cc21. The minimum absolute atomic E-state index is 0.0928. The maximum absolute atomic E-state index is 12.2. The van der Waals surface area contributed by atoms with Gasteiger partial charge in [-0.05, 0) is 32.0 Å². The van der Waals surface area contributed by atoms with Crippen LogP contribution in [0.15, 0.2) is 30.4 Å². The smallest absolute Gasteiger partial charge is 0.268 e. The number of nitrogens with zero attached hydrogens (tertiary/aromatic N) is 1. The lowest BCUT2D eigenvalue weighted by atomic mass is 10.1. The molecule has 1 amide bonds. The van der Waals surface area contributed by atoms with Crippen molar-refractivity contribution in [3.63, 3.8) is 0 Å². The summed E-state index contributed by atoms with van der Waals surface area (Å²) in [6, 6.07) is 5.00. The van der Waals surface area contributed by atoms with Gasteiger partial charge in [0.05, 0.1) is 11.6 Å². The summed E-state index contributed by atoms with van der Waals surface area (Å²) in [4.78, 5) is 25.5. The quantitative estimate of drug-likeness (QED) is 0.487. The Morgan fingerprint density at radius 2 is 2.20 bits per heavy atom.